The molecular weight excluding hydrogens is 312 g/mol. The minimum Gasteiger partial charge on any atom is -0.271 e. The molecule has 0 heterocycles. The highest BCUT2D eigenvalue weighted by molar-refractivity contribution is 6.34. The van der Waals surface area contributed by atoms with Crippen LogP contribution in [0.2, 0.25) is 10.0 Å². The van der Waals surface area contributed by atoms with Crippen LogP contribution in [-0.4, -0.2) is 0 Å². The van der Waals surface area contributed by atoms with E-state index in [1.54, 1.807) is 0 Å². The molecule has 2 rings (SSSR count). The molecule has 20 heavy (non-hydrogen) atoms. The first kappa shape index (κ1) is 15.1. The average Bonchev–Trinajstić information content (AvgIpc) is 2.38. The van der Waals surface area contributed by atoms with Crippen molar-refractivity contribution in [1.29, 1.82) is 0 Å². The molecule has 0 aliphatic carbocycles. The molecule has 1 atom stereocenters. The van der Waals surface area contributed by atoms with Gasteiger partial charge in [-0.1, -0.05) is 29.3 Å². The third-order valence-electron chi connectivity index (χ3n) is 2.76. The Hall–Kier alpha value is -1.27. The Kier molecular flexibility index (Phi) is 4.55. The predicted octanol–water partition coefficient (Wildman–Crippen LogP) is 3.96. The van der Waals surface area contributed by atoms with Crippen LogP contribution in [0.5, 0.6) is 0 Å². The molecule has 0 saturated carbocycles. The van der Waals surface area contributed by atoms with Crippen LogP contribution in [0, 0.1) is 17.5 Å². The highest BCUT2D eigenvalue weighted by Gasteiger charge is 2.22. The number of nitrogens with two attached hydrogens (primary N) is 1. The Labute approximate surface area is 123 Å². The van der Waals surface area contributed by atoms with Crippen molar-refractivity contribution < 1.29 is 13.2 Å². The maximum absolute atomic E-state index is 13.8. The van der Waals surface area contributed by atoms with E-state index < -0.39 is 23.5 Å². The molecular formula is C13H9Cl2F3N2. The largest absolute Gasteiger partial charge is 0.271 e. The highest BCUT2D eigenvalue weighted by Crippen LogP contribution is 2.30. The van der Waals surface area contributed by atoms with Crippen molar-refractivity contribution in [3.8, 4) is 0 Å². The average molecular weight is 321 g/mol. The predicted molar refractivity (Wildman–Crippen MR) is 71.9 cm³/mol. The van der Waals surface area contributed by atoms with Gasteiger partial charge in [-0.05, 0) is 29.8 Å². The zero-order chi connectivity index (χ0) is 14.9. The molecule has 3 N–H and O–H groups in total. The monoisotopic (exact) mass is 320 g/mol. The number of halogens is 5. The summed E-state index contributed by atoms with van der Waals surface area (Å²) in [6, 6.07) is 5.50. The summed E-state index contributed by atoms with van der Waals surface area (Å²) in [4.78, 5) is 0. The molecule has 0 bridgehead atoms. The molecule has 2 aromatic carbocycles. The van der Waals surface area contributed by atoms with E-state index >= 15 is 0 Å². The third kappa shape index (κ3) is 2.91. The smallest absolute Gasteiger partial charge is 0.194 e. The molecule has 0 aliphatic heterocycles. The van der Waals surface area contributed by atoms with Crippen molar-refractivity contribution in [3.05, 3.63) is 69.0 Å². The minimum atomic E-state index is -1.56. The second-order valence-corrected chi connectivity index (χ2v) is 4.94. The van der Waals surface area contributed by atoms with Crippen LogP contribution in [-0.2, 0) is 0 Å². The lowest BCUT2D eigenvalue weighted by Crippen LogP contribution is -2.30. The van der Waals surface area contributed by atoms with Gasteiger partial charge in [0.2, 0.25) is 0 Å². The van der Waals surface area contributed by atoms with E-state index in [9.17, 15) is 13.2 Å². The Morgan fingerprint density at radius 1 is 0.950 bits per heavy atom. The van der Waals surface area contributed by atoms with Gasteiger partial charge in [-0.15, -0.1) is 0 Å². The van der Waals surface area contributed by atoms with Crippen molar-refractivity contribution >= 4 is 23.2 Å². The number of benzene rings is 2. The van der Waals surface area contributed by atoms with Gasteiger partial charge in [0.25, 0.3) is 0 Å². The lowest BCUT2D eigenvalue weighted by Gasteiger charge is -2.18. The summed E-state index contributed by atoms with van der Waals surface area (Å²) in [6.45, 7) is 0. The summed E-state index contributed by atoms with van der Waals surface area (Å²) >= 11 is 11.7. The van der Waals surface area contributed by atoms with Gasteiger partial charge in [0.1, 0.15) is 0 Å². The zero-order valence-corrected chi connectivity index (χ0v) is 11.4. The van der Waals surface area contributed by atoms with Gasteiger partial charge < -0.3 is 0 Å². The van der Waals surface area contributed by atoms with Gasteiger partial charge in [-0.2, -0.15) is 0 Å². The quantitative estimate of drug-likeness (QED) is 0.510. The Bertz CT molecular complexity index is 630. The fourth-order valence-electron chi connectivity index (χ4n) is 1.87. The normalized spacial score (nSPS) is 12.5. The Morgan fingerprint density at radius 2 is 1.55 bits per heavy atom. The second-order valence-electron chi connectivity index (χ2n) is 4.07. The summed E-state index contributed by atoms with van der Waals surface area (Å²) in [6.07, 6.45) is 0. The van der Waals surface area contributed by atoms with Crippen molar-refractivity contribution in [3.63, 3.8) is 0 Å². The fourth-order valence-corrected chi connectivity index (χ4v) is 2.41. The molecule has 0 radical (unpaired) electrons. The van der Waals surface area contributed by atoms with Crippen molar-refractivity contribution in [2.24, 2.45) is 5.84 Å². The van der Waals surface area contributed by atoms with Crippen LogP contribution in [0.4, 0.5) is 13.2 Å². The fraction of sp³-hybridized carbons (Fsp3) is 0.0769. The number of hydrogen-bond acceptors (Lipinski definition) is 2. The maximum atomic E-state index is 13.8. The van der Waals surface area contributed by atoms with E-state index in [0.717, 1.165) is 12.1 Å². The molecule has 0 aromatic heterocycles. The van der Waals surface area contributed by atoms with Crippen LogP contribution in [0.25, 0.3) is 0 Å². The van der Waals surface area contributed by atoms with Gasteiger partial charge in [0, 0.05) is 15.6 Å². The van der Waals surface area contributed by atoms with E-state index in [0.29, 0.717) is 15.6 Å². The molecule has 0 aliphatic rings. The molecule has 2 aromatic rings. The SMILES string of the molecule is NNC(c1cc(Cl)cc(Cl)c1)c1ccc(F)c(F)c1F. The van der Waals surface area contributed by atoms with E-state index in [1.807, 2.05) is 0 Å². The van der Waals surface area contributed by atoms with E-state index in [2.05, 4.69) is 5.43 Å². The summed E-state index contributed by atoms with van der Waals surface area (Å²) in [7, 11) is 0. The molecule has 7 heteroatoms. The maximum Gasteiger partial charge on any atom is 0.194 e. The van der Waals surface area contributed by atoms with Crippen LogP contribution in [0.3, 0.4) is 0 Å². The molecule has 106 valence electrons. The molecule has 0 fully saturated rings. The second kappa shape index (κ2) is 6.01. The lowest BCUT2D eigenvalue weighted by atomic mass is 9.98. The first-order valence-corrected chi connectivity index (χ1v) is 6.25. The number of hydrazine groups is 1. The highest BCUT2D eigenvalue weighted by atomic mass is 35.5. The summed E-state index contributed by atoms with van der Waals surface area (Å²) in [5, 5.41) is 0.631. The number of nitrogens with one attached hydrogen (secondary N) is 1. The summed E-state index contributed by atoms with van der Waals surface area (Å²) < 4.78 is 40.0. The standard InChI is InChI=1S/C13H9Cl2F3N2/c14-7-3-6(4-8(15)5-7)13(20-19)9-1-2-10(16)12(18)11(9)17/h1-5,13,20H,19H2. The van der Waals surface area contributed by atoms with Gasteiger partial charge in [0.15, 0.2) is 17.5 Å². The molecule has 2 nitrogen and oxygen atoms in total. The molecule has 1 unspecified atom stereocenters. The Balaban J connectivity index is 2.55. The van der Waals surface area contributed by atoms with Gasteiger partial charge in [0.05, 0.1) is 6.04 Å². The van der Waals surface area contributed by atoms with Gasteiger partial charge in [-0.3, -0.25) is 5.84 Å². The minimum absolute atomic E-state index is 0.148. The Morgan fingerprint density at radius 3 is 2.10 bits per heavy atom. The van der Waals surface area contributed by atoms with Gasteiger partial charge >= 0.3 is 0 Å². The number of hydrogen-bond donors (Lipinski definition) is 2. The van der Waals surface area contributed by atoms with Gasteiger partial charge in [-0.25, -0.2) is 18.6 Å². The van der Waals surface area contributed by atoms with E-state index in [1.165, 1.54) is 18.2 Å². The first-order chi connectivity index (χ1) is 9.43. The van der Waals surface area contributed by atoms with Crippen LogP contribution >= 0.6 is 23.2 Å². The van der Waals surface area contributed by atoms with E-state index in [-0.39, 0.29) is 5.56 Å². The molecule has 0 saturated heterocycles. The third-order valence-corrected chi connectivity index (χ3v) is 3.20. The van der Waals surface area contributed by atoms with E-state index in [4.69, 9.17) is 29.0 Å². The molecule has 0 spiro atoms. The zero-order valence-electron chi connectivity index (χ0n) is 9.93. The van der Waals surface area contributed by atoms with Crippen molar-refractivity contribution in [2.45, 2.75) is 6.04 Å². The summed E-state index contributed by atoms with van der Waals surface area (Å²) in [5.74, 6) is 1.23. The lowest BCUT2D eigenvalue weighted by molar-refractivity contribution is 0.433. The topological polar surface area (TPSA) is 38.0 Å². The van der Waals surface area contributed by atoms with Crippen LogP contribution in [0.15, 0.2) is 30.3 Å². The van der Waals surface area contributed by atoms with Crippen LogP contribution in [0.1, 0.15) is 17.2 Å². The van der Waals surface area contributed by atoms with Crippen LogP contribution < -0.4 is 11.3 Å². The number of rotatable bonds is 3. The summed E-state index contributed by atoms with van der Waals surface area (Å²) in [5.41, 5.74) is 2.61. The molecule has 0 amide bonds. The van der Waals surface area contributed by atoms with Crippen molar-refractivity contribution in [1.82, 2.24) is 5.43 Å². The first-order valence-electron chi connectivity index (χ1n) is 5.49. The van der Waals surface area contributed by atoms with Crippen molar-refractivity contribution in [2.75, 3.05) is 0 Å².